The first kappa shape index (κ1) is 13.6. The predicted molar refractivity (Wildman–Crippen MR) is 79.5 cm³/mol. The Morgan fingerprint density at radius 1 is 1.37 bits per heavy atom. The number of benzene rings is 1. The lowest BCUT2D eigenvalue weighted by molar-refractivity contribution is 0.0383. The highest BCUT2D eigenvalue weighted by molar-refractivity contribution is 5.92. The van der Waals surface area contributed by atoms with Crippen molar-refractivity contribution in [1.82, 2.24) is 4.48 Å². The Kier molecular flexibility index (Phi) is 3.11. The number of rotatable bonds is 1. The number of quaternary nitrogens is 1. The summed E-state index contributed by atoms with van der Waals surface area (Å²) >= 11 is 0. The molecule has 0 N–H and O–H groups in total. The van der Waals surface area contributed by atoms with E-state index in [0.29, 0.717) is 0 Å². The first-order chi connectivity index (χ1) is 8.76. The standard InChI is InChI=1S/C16H20NO2/c1-6-12-7-8-14-13(11-12)9-10-17(14,5)15(18)19-16(2,3)4/h6-11H,1H2,2-5H3/q+1. The third kappa shape index (κ3) is 2.47. The Labute approximate surface area is 114 Å². The highest BCUT2D eigenvalue weighted by atomic mass is 16.6. The van der Waals surface area contributed by atoms with Crippen molar-refractivity contribution in [3.8, 4) is 0 Å². The molecule has 0 radical (unpaired) electrons. The molecule has 0 saturated heterocycles. The van der Waals surface area contributed by atoms with E-state index in [-0.39, 0.29) is 10.6 Å². The second-order valence-electron chi connectivity index (χ2n) is 5.89. The second kappa shape index (κ2) is 4.35. The molecule has 0 saturated carbocycles. The Hall–Kier alpha value is -1.87. The first-order valence-corrected chi connectivity index (χ1v) is 6.32. The largest absolute Gasteiger partial charge is 0.526 e. The summed E-state index contributed by atoms with van der Waals surface area (Å²) in [5.74, 6) is 0. The smallest absolute Gasteiger partial charge is 0.414 e. The summed E-state index contributed by atoms with van der Waals surface area (Å²) in [7, 11) is 1.84. The van der Waals surface area contributed by atoms with Gasteiger partial charge in [0.15, 0.2) is 5.69 Å². The number of carbonyl (C=O) groups is 1. The van der Waals surface area contributed by atoms with Gasteiger partial charge in [-0.05, 0) is 38.5 Å². The number of amides is 1. The van der Waals surface area contributed by atoms with Crippen molar-refractivity contribution in [2.45, 2.75) is 26.4 Å². The molecule has 0 fully saturated rings. The molecule has 100 valence electrons. The van der Waals surface area contributed by atoms with E-state index in [1.807, 2.05) is 58.3 Å². The monoisotopic (exact) mass is 258 g/mol. The molecule has 0 spiro atoms. The molecule has 1 aromatic carbocycles. The lowest BCUT2D eigenvalue weighted by Gasteiger charge is -2.27. The van der Waals surface area contributed by atoms with Crippen molar-refractivity contribution in [2.24, 2.45) is 0 Å². The zero-order valence-corrected chi connectivity index (χ0v) is 11.9. The highest BCUT2D eigenvalue weighted by Crippen LogP contribution is 2.36. The highest BCUT2D eigenvalue weighted by Gasteiger charge is 2.41. The predicted octanol–water partition coefficient (Wildman–Crippen LogP) is 4.19. The number of ether oxygens (including phenoxy) is 1. The molecule has 1 aliphatic heterocycles. The zero-order valence-electron chi connectivity index (χ0n) is 11.9. The fourth-order valence-corrected chi connectivity index (χ4v) is 2.08. The first-order valence-electron chi connectivity index (χ1n) is 6.32. The summed E-state index contributed by atoms with van der Waals surface area (Å²) < 4.78 is 5.55. The van der Waals surface area contributed by atoms with E-state index in [2.05, 4.69) is 6.58 Å². The molecule has 0 aromatic heterocycles. The fraction of sp³-hybridized carbons (Fsp3) is 0.312. The Morgan fingerprint density at radius 2 is 2.05 bits per heavy atom. The molecule has 0 aliphatic carbocycles. The molecule has 1 aromatic rings. The summed E-state index contributed by atoms with van der Waals surface area (Å²) in [6, 6.07) is 5.93. The SMILES string of the molecule is C=Cc1ccc2c(c1)C=C[N+]2(C)C(=O)OC(C)(C)C. The molecule has 1 amide bonds. The molecule has 1 atom stereocenters. The maximum atomic E-state index is 12.4. The summed E-state index contributed by atoms with van der Waals surface area (Å²) in [5.41, 5.74) is 2.52. The van der Waals surface area contributed by atoms with Crippen LogP contribution in [0.15, 0.2) is 31.0 Å². The van der Waals surface area contributed by atoms with Crippen LogP contribution >= 0.6 is 0 Å². The number of fused-ring (bicyclic) bond motifs is 1. The van der Waals surface area contributed by atoms with Gasteiger partial charge in [-0.25, -0.2) is 0 Å². The van der Waals surface area contributed by atoms with Gasteiger partial charge in [-0.1, -0.05) is 12.7 Å². The summed E-state index contributed by atoms with van der Waals surface area (Å²) in [4.78, 5) is 12.4. The fourth-order valence-electron chi connectivity index (χ4n) is 2.08. The van der Waals surface area contributed by atoms with Gasteiger partial charge in [-0.15, -0.1) is 0 Å². The maximum absolute atomic E-state index is 12.4. The second-order valence-corrected chi connectivity index (χ2v) is 5.89. The van der Waals surface area contributed by atoms with E-state index in [1.54, 1.807) is 6.08 Å². The van der Waals surface area contributed by atoms with Gasteiger partial charge in [0.1, 0.15) is 11.8 Å². The van der Waals surface area contributed by atoms with Crippen molar-refractivity contribution in [3.05, 3.63) is 42.1 Å². The van der Waals surface area contributed by atoms with E-state index in [0.717, 1.165) is 16.8 Å². The lowest BCUT2D eigenvalue weighted by atomic mass is 10.1. The van der Waals surface area contributed by atoms with Crippen LogP contribution in [0.2, 0.25) is 0 Å². The normalized spacial score (nSPS) is 21.1. The minimum Gasteiger partial charge on any atom is -0.414 e. The van der Waals surface area contributed by atoms with Gasteiger partial charge in [0.25, 0.3) is 0 Å². The van der Waals surface area contributed by atoms with Gasteiger partial charge < -0.3 is 4.74 Å². The van der Waals surface area contributed by atoms with E-state index < -0.39 is 5.60 Å². The molecule has 3 nitrogen and oxygen atoms in total. The average Bonchev–Trinajstić information content (AvgIpc) is 2.66. The van der Waals surface area contributed by atoms with E-state index in [4.69, 9.17) is 4.74 Å². The van der Waals surface area contributed by atoms with Gasteiger partial charge in [-0.2, -0.15) is 9.28 Å². The minimum atomic E-state index is -0.490. The third-order valence-electron chi connectivity index (χ3n) is 3.11. The Morgan fingerprint density at radius 3 is 2.63 bits per heavy atom. The average molecular weight is 258 g/mol. The molecule has 0 bridgehead atoms. The lowest BCUT2D eigenvalue weighted by Crippen LogP contribution is -2.47. The zero-order chi connectivity index (χ0) is 14.3. The number of nitrogens with zero attached hydrogens (tertiary/aromatic N) is 1. The number of hydrogen-bond acceptors (Lipinski definition) is 2. The van der Waals surface area contributed by atoms with Crippen LogP contribution in [0.1, 0.15) is 31.9 Å². The van der Waals surface area contributed by atoms with Crippen LogP contribution in [-0.4, -0.2) is 18.7 Å². The van der Waals surface area contributed by atoms with Crippen molar-refractivity contribution in [2.75, 3.05) is 7.05 Å². The van der Waals surface area contributed by atoms with E-state index in [9.17, 15) is 4.79 Å². The third-order valence-corrected chi connectivity index (χ3v) is 3.11. The summed E-state index contributed by atoms with van der Waals surface area (Å²) in [6.45, 7) is 9.38. The van der Waals surface area contributed by atoms with Crippen LogP contribution in [0.25, 0.3) is 12.2 Å². The number of hydrogen-bond donors (Lipinski definition) is 0. The summed E-state index contributed by atoms with van der Waals surface area (Å²) in [6.07, 6.45) is 5.33. The van der Waals surface area contributed by atoms with Gasteiger partial charge in [0.2, 0.25) is 0 Å². The van der Waals surface area contributed by atoms with E-state index in [1.165, 1.54) is 0 Å². The topological polar surface area (TPSA) is 26.3 Å². The van der Waals surface area contributed by atoms with Crippen LogP contribution < -0.4 is 4.48 Å². The molecule has 1 unspecified atom stereocenters. The number of carbonyl (C=O) groups excluding carboxylic acids is 1. The molecular weight excluding hydrogens is 238 g/mol. The molecule has 3 heteroatoms. The quantitative estimate of drug-likeness (QED) is 0.706. The van der Waals surface area contributed by atoms with Crippen LogP contribution in [0.5, 0.6) is 0 Å². The van der Waals surface area contributed by atoms with Crippen LogP contribution in [0, 0.1) is 0 Å². The molecular formula is C16H20NO2+. The maximum Gasteiger partial charge on any atom is 0.526 e. The van der Waals surface area contributed by atoms with Gasteiger partial charge in [0, 0.05) is 17.7 Å². The van der Waals surface area contributed by atoms with Crippen LogP contribution in [0.3, 0.4) is 0 Å². The molecule has 2 rings (SSSR count). The molecule has 1 heterocycles. The Bertz CT molecular complexity index is 567. The van der Waals surface area contributed by atoms with Crippen molar-refractivity contribution < 1.29 is 9.53 Å². The van der Waals surface area contributed by atoms with Gasteiger partial charge in [0.05, 0.1) is 7.05 Å². The Balaban J connectivity index is 2.38. The van der Waals surface area contributed by atoms with E-state index >= 15 is 0 Å². The molecule has 19 heavy (non-hydrogen) atoms. The van der Waals surface area contributed by atoms with Crippen LogP contribution in [0.4, 0.5) is 10.5 Å². The van der Waals surface area contributed by atoms with Gasteiger partial charge in [-0.3, -0.25) is 0 Å². The minimum absolute atomic E-state index is 0.0457. The van der Waals surface area contributed by atoms with Crippen LogP contribution in [-0.2, 0) is 4.74 Å². The summed E-state index contributed by atoms with van der Waals surface area (Å²) in [5, 5.41) is 0. The molecule has 1 aliphatic rings. The van der Waals surface area contributed by atoms with Gasteiger partial charge >= 0.3 is 6.09 Å². The van der Waals surface area contributed by atoms with Crippen molar-refractivity contribution in [1.29, 1.82) is 0 Å². The van der Waals surface area contributed by atoms with Crippen molar-refractivity contribution in [3.63, 3.8) is 0 Å². The van der Waals surface area contributed by atoms with Crippen molar-refractivity contribution >= 4 is 23.9 Å².